The first-order valence-electron chi connectivity index (χ1n) is 11.2. The van der Waals surface area contributed by atoms with E-state index in [1.54, 1.807) is 25.6 Å². The highest BCUT2D eigenvalue weighted by atomic mass is 32.1. The summed E-state index contributed by atoms with van der Waals surface area (Å²) in [5.74, 6) is 2.11. The Bertz CT molecular complexity index is 1370. The predicted octanol–water partition coefficient (Wildman–Crippen LogP) is 4.21. The molecule has 2 aromatic carbocycles. The highest BCUT2D eigenvalue weighted by Crippen LogP contribution is 2.37. The number of carbonyl (C=O) groups is 1. The number of anilines is 1. The van der Waals surface area contributed by atoms with Crippen LogP contribution in [-0.4, -0.2) is 36.1 Å². The zero-order valence-electron chi connectivity index (χ0n) is 20.2. The largest absolute Gasteiger partial charge is 0.493 e. The van der Waals surface area contributed by atoms with Gasteiger partial charge in [0.1, 0.15) is 11.6 Å². The number of ether oxygens (including phenoxy) is 2. The number of primary amides is 1. The van der Waals surface area contributed by atoms with Crippen molar-refractivity contribution in [1.29, 1.82) is 0 Å². The standard InChI is InChI=1S/C26H29N5O3S/c1-14(29-26-18-12-21(33-3)22(34-4)13-20(18)30-15(2)31-26)23-9-10-24(35-23)17-8-6-5-7-16(17)11-19(27)25(28)32/h5-10,12-14,19H,11,27H2,1-4H3,(H2,28,32)(H,29,30,31). The molecule has 0 fully saturated rings. The lowest BCUT2D eigenvalue weighted by Crippen LogP contribution is -2.38. The number of rotatable bonds is 9. The van der Waals surface area contributed by atoms with E-state index in [0.717, 1.165) is 37.6 Å². The second-order valence-corrected chi connectivity index (χ2v) is 9.40. The van der Waals surface area contributed by atoms with Crippen LogP contribution in [0.15, 0.2) is 48.5 Å². The minimum Gasteiger partial charge on any atom is -0.493 e. The molecule has 0 bridgehead atoms. The third-order valence-electron chi connectivity index (χ3n) is 5.81. The normalized spacial score (nSPS) is 12.8. The van der Waals surface area contributed by atoms with E-state index in [-0.39, 0.29) is 6.04 Å². The molecule has 2 aromatic heterocycles. The van der Waals surface area contributed by atoms with Gasteiger partial charge in [-0.2, -0.15) is 0 Å². The summed E-state index contributed by atoms with van der Waals surface area (Å²) < 4.78 is 10.9. The van der Waals surface area contributed by atoms with Crippen LogP contribution in [0.4, 0.5) is 5.82 Å². The zero-order valence-corrected chi connectivity index (χ0v) is 21.0. The first kappa shape index (κ1) is 24.4. The van der Waals surface area contributed by atoms with Crippen molar-refractivity contribution >= 4 is 34.0 Å². The summed E-state index contributed by atoms with van der Waals surface area (Å²) in [4.78, 5) is 22.9. The van der Waals surface area contributed by atoms with Crippen molar-refractivity contribution in [1.82, 2.24) is 9.97 Å². The number of amides is 1. The second kappa shape index (κ2) is 10.3. The van der Waals surface area contributed by atoms with Gasteiger partial charge in [0.15, 0.2) is 11.5 Å². The van der Waals surface area contributed by atoms with Crippen LogP contribution in [0.25, 0.3) is 21.3 Å². The van der Waals surface area contributed by atoms with Crippen LogP contribution in [0, 0.1) is 6.92 Å². The molecule has 1 amide bonds. The smallest absolute Gasteiger partial charge is 0.234 e. The third-order valence-corrected chi connectivity index (χ3v) is 7.11. The Kier molecular flexibility index (Phi) is 7.18. The van der Waals surface area contributed by atoms with Gasteiger partial charge >= 0.3 is 0 Å². The van der Waals surface area contributed by atoms with E-state index in [1.807, 2.05) is 43.3 Å². The lowest BCUT2D eigenvalue weighted by Gasteiger charge is -2.17. The van der Waals surface area contributed by atoms with Crippen LogP contribution in [0.3, 0.4) is 0 Å². The van der Waals surface area contributed by atoms with Crippen molar-refractivity contribution in [3.63, 3.8) is 0 Å². The second-order valence-electron chi connectivity index (χ2n) is 8.28. The fourth-order valence-electron chi connectivity index (χ4n) is 3.96. The molecule has 2 unspecified atom stereocenters. The van der Waals surface area contributed by atoms with E-state index in [0.29, 0.717) is 23.7 Å². The molecule has 4 aromatic rings. The number of nitrogens with one attached hydrogen (secondary N) is 1. The molecule has 9 heteroatoms. The van der Waals surface area contributed by atoms with E-state index < -0.39 is 11.9 Å². The number of nitrogens with zero attached hydrogens (tertiary/aromatic N) is 2. The van der Waals surface area contributed by atoms with Gasteiger partial charge in [-0.25, -0.2) is 9.97 Å². The van der Waals surface area contributed by atoms with Crippen molar-refractivity contribution in [2.75, 3.05) is 19.5 Å². The van der Waals surface area contributed by atoms with Gasteiger partial charge in [-0.15, -0.1) is 11.3 Å². The maximum Gasteiger partial charge on any atom is 0.234 e. The molecule has 2 heterocycles. The van der Waals surface area contributed by atoms with Crippen LogP contribution >= 0.6 is 11.3 Å². The molecule has 35 heavy (non-hydrogen) atoms. The molecular formula is C26H29N5O3S. The minimum absolute atomic E-state index is 0.0145. The molecule has 8 nitrogen and oxygen atoms in total. The summed E-state index contributed by atoms with van der Waals surface area (Å²) in [5.41, 5.74) is 14.1. The van der Waals surface area contributed by atoms with Gasteiger partial charge in [-0.3, -0.25) is 4.79 Å². The number of benzene rings is 2. The van der Waals surface area contributed by atoms with Gasteiger partial charge in [0, 0.05) is 21.2 Å². The van der Waals surface area contributed by atoms with Crippen molar-refractivity contribution in [2.45, 2.75) is 32.4 Å². The van der Waals surface area contributed by atoms with Gasteiger partial charge in [-0.05, 0) is 49.6 Å². The Morgan fingerprint density at radius 2 is 1.80 bits per heavy atom. The van der Waals surface area contributed by atoms with E-state index in [1.165, 1.54) is 0 Å². The lowest BCUT2D eigenvalue weighted by atomic mass is 9.99. The van der Waals surface area contributed by atoms with Crippen LogP contribution in [-0.2, 0) is 11.2 Å². The number of thiophene rings is 1. The Hall–Kier alpha value is -3.69. The zero-order chi connectivity index (χ0) is 25.1. The molecule has 0 saturated carbocycles. The molecule has 0 saturated heterocycles. The molecule has 0 aliphatic carbocycles. The SMILES string of the molecule is COc1cc2nc(C)nc(NC(C)c3ccc(-c4ccccc4CC(N)C(N)=O)s3)c2cc1OC. The van der Waals surface area contributed by atoms with Gasteiger partial charge in [0.05, 0.1) is 31.8 Å². The van der Waals surface area contributed by atoms with Crippen molar-refractivity contribution < 1.29 is 14.3 Å². The van der Waals surface area contributed by atoms with E-state index >= 15 is 0 Å². The minimum atomic E-state index is -0.721. The molecule has 0 spiro atoms. The average molecular weight is 492 g/mol. The Balaban J connectivity index is 1.63. The number of fused-ring (bicyclic) bond motifs is 1. The Labute approximate surface area is 208 Å². The molecule has 0 aliphatic heterocycles. The lowest BCUT2D eigenvalue weighted by molar-refractivity contribution is -0.119. The highest BCUT2D eigenvalue weighted by molar-refractivity contribution is 7.15. The van der Waals surface area contributed by atoms with E-state index in [9.17, 15) is 4.79 Å². The van der Waals surface area contributed by atoms with Crippen molar-refractivity contribution in [2.24, 2.45) is 11.5 Å². The maximum absolute atomic E-state index is 11.5. The van der Waals surface area contributed by atoms with Crippen molar-refractivity contribution in [3.05, 3.63) is 64.8 Å². The molecule has 0 radical (unpaired) electrons. The summed E-state index contributed by atoms with van der Waals surface area (Å²) in [6, 6.07) is 15.1. The fourth-order valence-corrected chi connectivity index (χ4v) is 5.04. The maximum atomic E-state index is 11.5. The number of aromatic nitrogens is 2. The van der Waals surface area contributed by atoms with Crippen LogP contribution in [0.5, 0.6) is 11.5 Å². The quantitative estimate of drug-likeness (QED) is 0.320. The predicted molar refractivity (Wildman–Crippen MR) is 140 cm³/mol. The highest BCUT2D eigenvalue weighted by Gasteiger charge is 2.18. The molecule has 2 atom stereocenters. The molecule has 4 rings (SSSR count). The Morgan fingerprint density at radius 3 is 2.51 bits per heavy atom. The number of carbonyl (C=O) groups excluding carboxylic acids is 1. The first-order chi connectivity index (χ1) is 16.8. The number of nitrogens with two attached hydrogens (primary N) is 2. The van der Waals surface area contributed by atoms with E-state index in [4.69, 9.17) is 20.9 Å². The molecular weight excluding hydrogens is 462 g/mol. The molecule has 5 N–H and O–H groups in total. The van der Waals surface area contributed by atoms with Crippen LogP contribution in [0.2, 0.25) is 0 Å². The molecule has 0 aliphatic rings. The summed E-state index contributed by atoms with van der Waals surface area (Å²) in [6.45, 7) is 3.96. The van der Waals surface area contributed by atoms with Gasteiger partial charge in [0.2, 0.25) is 5.91 Å². The third kappa shape index (κ3) is 5.21. The molecule has 182 valence electrons. The summed E-state index contributed by atoms with van der Waals surface area (Å²) >= 11 is 1.68. The average Bonchev–Trinajstić information content (AvgIpc) is 3.33. The van der Waals surface area contributed by atoms with Crippen molar-refractivity contribution in [3.8, 4) is 21.9 Å². The van der Waals surface area contributed by atoms with Crippen LogP contribution in [0.1, 0.15) is 29.2 Å². The van der Waals surface area contributed by atoms with Gasteiger partial charge < -0.3 is 26.3 Å². The Morgan fingerprint density at radius 1 is 1.09 bits per heavy atom. The first-order valence-corrected chi connectivity index (χ1v) is 12.0. The topological polar surface area (TPSA) is 125 Å². The summed E-state index contributed by atoms with van der Waals surface area (Å²) in [7, 11) is 3.21. The van der Waals surface area contributed by atoms with Gasteiger partial charge in [0.25, 0.3) is 0 Å². The number of hydrogen-bond acceptors (Lipinski definition) is 8. The van der Waals surface area contributed by atoms with E-state index in [2.05, 4.69) is 34.3 Å². The number of aryl methyl sites for hydroxylation is 1. The monoisotopic (exact) mass is 491 g/mol. The fraction of sp³-hybridized carbons (Fsp3) is 0.269. The number of hydrogen-bond donors (Lipinski definition) is 3. The summed E-state index contributed by atoms with van der Waals surface area (Å²) in [5, 5.41) is 4.39. The number of methoxy groups -OCH3 is 2. The van der Waals surface area contributed by atoms with Gasteiger partial charge in [-0.1, -0.05) is 24.3 Å². The summed E-state index contributed by atoms with van der Waals surface area (Å²) in [6.07, 6.45) is 0.393. The van der Waals surface area contributed by atoms with Crippen LogP contribution < -0.4 is 26.3 Å².